The largest absolute Gasteiger partial charge is 0.416 e. The molecule has 0 radical (unpaired) electrons. The molecule has 3 aromatic rings. The number of nitrogens with zero attached hydrogens (tertiary/aromatic N) is 5. The standard InChI is InChI=1S/C26H25IN6O/c1-4-29-21(33-13-8-9-17(2)12-14-33)15-18(3)20-16-30-24(28)22(23(20)27)26-32-31-25(34-26)19-10-6-5-7-11-19/h1,5-7,10-11,15-16H,2,8-9,12-14H2,3H3,(H2,28,30)/b18-15+,29-21?. The number of pyridine rings is 1. The molecule has 1 aliphatic heterocycles. The van der Waals surface area contributed by atoms with Crippen molar-refractivity contribution in [3.63, 3.8) is 0 Å². The first-order valence-corrected chi connectivity index (χ1v) is 12.0. The molecular formula is C26H25IN6O. The molecule has 2 N–H and O–H groups in total. The molecule has 3 heterocycles. The van der Waals surface area contributed by atoms with Gasteiger partial charge in [-0.3, -0.25) is 0 Å². The first-order valence-electron chi connectivity index (χ1n) is 10.9. The fourth-order valence-electron chi connectivity index (χ4n) is 3.81. The molecule has 0 amide bonds. The summed E-state index contributed by atoms with van der Waals surface area (Å²) < 4.78 is 6.82. The zero-order chi connectivity index (χ0) is 24.1. The molecule has 0 spiro atoms. The average Bonchev–Trinajstić information content (AvgIpc) is 3.21. The van der Waals surface area contributed by atoms with Crippen molar-refractivity contribution >= 4 is 39.8 Å². The first kappa shape index (κ1) is 23.7. The number of aliphatic imine (C=N–C) groups is 1. The summed E-state index contributed by atoms with van der Waals surface area (Å²) in [5.74, 6) is 1.84. The van der Waals surface area contributed by atoms with Gasteiger partial charge in [-0.15, -0.1) is 10.2 Å². The number of hydrogen-bond donors (Lipinski definition) is 1. The van der Waals surface area contributed by atoms with Crippen LogP contribution in [-0.4, -0.2) is 39.0 Å². The third-order valence-corrected chi connectivity index (χ3v) is 6.79. The summed E-state index contributed by atoms with van der Waals surface area (Å²) in [7, 11) is 0. The summed E-state index contributed by atoms with van der Waals surface area (Å²) in [5, 5.41) is 8.43. The van der Waals surface area contributed by atoms with Gasteiger partial charge in [0, 0.05) is 40.0 Å². The smallest absolute Gasteiger partial charge is 0.252 e. The van der Waals surface area contributed by atoms with Crippen molar-refractivity contribution in [2.24, 2.45) is 4.99 Å². The number of terminal acetylenes is 1. The third-order valence-electron chi connectivity index (χ3n) is 5.67. The number of anilines is 1. The van der Waals surface area contributed by atoms with E-state index in [9.17, 15) is 0 Å². The number of likely N-dealkylation sites (tertiary alicyclic amines) is 1. The van der Waals surface area contributed by atoms with E-state index in [4.69, 9.17) is 16.6 Å². The molecule has 0 bridgehead atoms. The topological polar surface area (TPSA) is 93.4 Å². The van der Waals surface area contributed by atoms with Crippen molar-refractivity contribution < 1.29 is 4.42 Å². The van der Waals surface area contributed by atoms with Crippen molar-refractivity contribution in [3.05, 3.63) is 63.9 Å². The van der Waals surface area contributed by atoms with Crippen molar-refractivity contribution in [1.82, 2.24) is 20.1 Å². The lowest BCUT2D eigenvalue weighted by molar-refractivity contribution is 0.440. The highest BCUT2D eigenvalue weighted by Gasteiger charge is 2.21. The Morgan fingerprint density at radius 1 is 1.24 bits per heavy atom. The average molecular weight is 564 g/mol. The van der Waals surface area contributed by atoms with Crippen LogP contribution in [0.25, 0.3) is 28.5 Å². The second-order valence-electron chi connectivity index (χ2n) is 8.04. The van der Waals surface area contributed by atoms with Crippen LogP contribution in [0.4, 0.5) is 5.82 Å². The lowest BCUT2D eigenvalue weighted by Crippen LogP contribution is -2.30. The molecule has 0 unspecified atom stereocenters. The quantitative estimate of drug-likeness (QED) is 0.150. The fourth-order valence-corrected chi connectivity index (χ4v) is 4.88. The minimum atomic E-state index is 0.325. The molecule has 1 fully saturated rings. The van der Waals surface area contributed by atoms with Gasteiger partial charge in [-0.05, 0) is 72.6 Å². The number of halogens is 1. The second-order valence-corrected chi connectivity index (χ2v) is 9.12. The molecule has 8 heteroatoms. The van der Waals surface area contributed by atoms with E-state index in [1.807, 2.05) is 43.3 Å². The van der Waals surface area contributed by atoms with Gasteiger partial charge in [0.25, 0.3) is 5.89 Å². The normalized spacial score (nSPS) is 15.2. The number of nitrogens with two attached hydrogens (primary N) is 1. The number of amidine groups is 1. The van der Waals surface area contributed by atoms with Gasteiger partial charge >= 0.3 is 0 Å². The van der Waals surface area contributed by atoms with Crippen LogP contribution in [0.15, 0.2) is 64.2 Å². The highest BCUT2D eigenvalue weighted by Crippen LogP contribution is 2.35. The summed E-state index contributed by atoms with van der Waals surface area (Å²) >= 11 is 2.25. The Labute approximate surface area is 213 Å². The molecule has 7 nitrogen and oxygen atoms in total. The van der Waals surface area contributed by atoms with E-state index in [1.54, 1.807) is 6.20 Å². The van der Waals surface area contributed by atoms with Gasteiger partial charge in [0.05, 0.1) is 5.56 Å². The van der Waals surface area contributed by atoms with Gasteiger partial charge in [0.2, 0.25) is 5.89 Å². The number of benzene rings is 1. The van der Waals surface area contributed by atoms with Crippen LogP contribution in [0.3, 0.4) is 0 Å². The second kappa shape index (κ2) is 10.7. The Morgan fingerprint density at radius 3 is 2.76 bits per heavy atom. The highest BCUT2D eigenvalue weighted by atomic mass is 127. The van der Waals surface area contributed by atoms with Crippen molar-refractivity contribution in [2.75, 3.05) is 18.8 Å². The van der Waals surface area contributed by atoms with Crippen LogP contribution in [0.1, 0.15) is 31.7 Å². The fraction of sp³-hybridized carbons (Fsp3) is 0.231. The van der Waals surface area contributed by atoms with E-state index in [0.29, 0.717) is 23.2 Å². The van der Waals surface area contributed by atoms with Crippen LogP contribution in [-0.2, 0) is 0 Å². The molecule has 172 valence electrons. The van der Waals surface area contributed by atoms with E-state index < -0.39 is 0 Å². The zero-order valence-corrected chi connectivity index (χ0v) is 21.1. The molecule has 4 rings (SSSR count). The molecule has 1 aromatic carbocycles. The van der Waals surface area contributed by atoms with Gasteiger partial charge < -0.3 is 15.1 Å². The highest BCUT2D eigenvalue weighted by molar-refractivity contribution is 14.1. The van der Waals surface area contributed by atoms with Crippen molar-refractivity contribution in [2.45, 2.75) is 26.2 Å². The first-order chi connectivity index (χ1) is 16.5. The van der Waals surface area contributed by atoms with Gasteiger partial charge in [0.1, 0.15) is 11.7 Å². The molecule has 2 aromatic heterocycles. The number of aromatic nitrogens is 3. The molecule has 1 saturated heterocycles. The Balaban J connectivity index is 1.69. The van der Waals surface area contributed by atoms with Crippen LogP contribution in [0.5, 0.6) is 0 Å². The lowest BCUT2D eigenvalue weighted by atomic mass is 10.1. The molecular weight excluding hydrogens is 539 g/mol. The molecule has 0 atom stereocenters. The Kier molecular flexibility index (Phi) is 7.43. The third kappa shape index (κ3) is 5.20. The predicted octanol–water partition coefficient (Wildman–Crippen LogP) is 5.42. The van der Waals surface area contributed by atoms with Crippen LogP contribution >= 0.6 is 22.6 Å². The number of allylic oxidation sites excluding steroid dienone is 1. The maximum absolute atomic E-state index is 6.24. The van der Waals surface area contributed by atoms with E-state index in [2.05, 4.69) is 60.3 Å². The van der Waals surface area contributed by atoms with Gasteiger partial charge in [-0.2, -0.15) is 4.99 Å². The predicted molar refractivity (Wildman–Crippen MR) is 145 cm³/mol. The monoisotopic (exact) mass is 564 g/mol. The minimum absolute atomic E-state index is 0.325. The summed E-state index contributed by atoms with van der Waals surface area (Å²) in [6.45, 7) is 7.87. The molecule has 0 aliphatic carbocycles. The molecule has 1 aliphatic rings. The van der Waals surface area contributed by atoms with E-state index >= 15 is 0 Å². The molecule has 0 saturated carbocycles. The Bertz CT molecular complexity index is 1300. The lowest BCUT2D eigenvalue weighted by Gasteiger charge is -2.22. The van der Waals surface area contributed by atoms with E-state index in [0.717, 1.165) is 58.5 Å². The van der Waals surface area contributed by atoms with Gasteiger partial charge in [-0.25, -0.2) is 4.98 Å². The number of hydrogen-bond acceptors (Lipinski definition) is 6. The summed E-state index contributed by atoms with van der Waals surface area (Å²) in [5.41, 5.74) is 10.8. The Morgan fingerprint density at radius 2 is 2.00 bits per heavy atom. The summed E-state index contributed by atoms with van der Waals surface area (Å²) in [6.07, 6.45) is 12.3. The van der Waals surface area contributed by atoms with Crippen LogP contribution in [0, 0.1) is 16.0 Å². The van der Waals surface area contributed by atoms with Gasteiger partial charge in [0.15, 0.2) is 0 Å². The SMILES string of the molecule is C#CN=C(/C=C(\C)c1cnc(N)c(-c2nnc(-c3ccccc3)o2)c1I)N1CCCC(=C)CC1. The maximum atomic E-state index is 6.24. The van der Waals surface area contributed by atoms with Crippen LogP contribution < -0.4 is 5.73 Å². The Hall–Kier alpha value is -3.45. The van der Waals surface area contributed by atoms with Crippen molar-refractivity contribution in [1.29, 1.82) is 0 Å². The van der Waals surface area contributed by atoms with Crippen LogP contribution in [0.2, 0.25) is 0 Å². The summed E-state index contributed by atoms with van der Waals surface area (Å²) in [6, 6.07) is 12.0. The van der Waals surface area contributed by atoms with Gasteiger partial charge in [-0.1, -0.05) is 36.8 Å². The summed E-state index contributed by atoms with van der Waals surface area (Å²) in [4.78, 5) is 10.9. The maximum Gasteiger partial charge on any atom is 0.252 e. The number of nitrogen functional groups attached to an aromatic ring is 1. The van der Waals surface area contributed by atoms with E-state index in [-0.39, 0.29) is 0 Å². The van der Waals surface area contributed by atoms with E-state index in [1.165, 1.54) is 5.57 Å². The minimum Gasteiger partial charge on any atom is -0.416 e. The zero-order valence-electron chi connectivity index (χ0n) is 19.0. The number of rotatable bonds is 4. The molecule has 34 heavy (non-hydrogen) atoms. The van der Waals surface area contributed by atoms with Crippen molar-refractivity contribution in [3.8, 4) is 35.4 Å².